The van der Waals surface area contributed by atoms with E-state index in [1.165, 1.54) is 13.0 Å². The molecule has 0 bridgehead atoms. The molecule has 0 heterocycles. The zero-order chi connectivity index (χ0) is 10.9. The Labute approximate surface area is 81.0 Å². The lowest BCUT2D eigenvalue weighted by Crippen LogP contribution is -2.23. The highest BCUT2D eigenvalue weighted by molar-refractivity contribution is 5.49. The molecule has 0 spiro atoms. The first-order valence-corrected chi connectivity index (χ1v) is 4.15. The average Bonchev–Trinajstić information content (AvgIpc) is 2.09. The van der Waals surface area contributed by atoms with Crippen molar-refractivity contribution in [2.45, 2.75) is 19.1 Å². The van der Waals surface area contributed by atoms with Crippen LogP contribution in [-0.4, -0.2) is 16.3 Å². The SMILES string of the molecule is CC(O)C(N)c1cc(N)cc(F)c1O. The summed E-state index contributed by atoms with van der Waals surface area (Å²) in [7, 11) is 0. The van der Waals surface area contributed by atoms with Crippen molar-refractivity contribution in [2.24, 2.45) is 5.73 Å². The molecule has 2 unspecified atom stereocenters. The summed E-state index contributed by atoms with van der Waals surface area (Å²) in [5, 5.41) is 18.5. The third-order valence-corrected chi connectivity index (χ3v) is 1.99. The molecule has 0 aromatic heterocycles. The van der Waals surface area contributed by atoms with Gasteiger partial charge in [0.25, 0.3) is 0 Å². The molecule has 0 fully saturated rings. The topological polar surface area (TPSA) is 92.5 Å². The molecule has 0 aliphatic heterocycles. The van der Waals surface area contributed by atoms with Crippen LogP contribution < -0.4 is 11.5 Å². The fraction of sp³-hybridized carbons (Fsp3) is 0.333. The van der Waals surface area contributed by atoms with Gasteiger partial charge in [-0.15, -0.1) is 0 Å². The van der Waals surface area contributed by atoms with Gasteiger partial charge < -0.3 is 21.7 Å². The van der Waals surface area contributed by atoms with Crippen molar-refractivity contribution in [3.05, 3.63) is 23.5 Å². The lowest BCUT2D eigenvalue weighted by molar-refractivity contribution is 0.162. The number of rotatable bonds is 2. The monoisotopic (exact) mass is 200 g/mol. The van der Waals surface area contributed by atoms with E-state index in [0.717, 1.165) is 6.07 Å². The summed E-state index contributed by atoms with van der Waals surface area (Å²) >= 11 is 0. The molecular formula is C9H13FN2O2. The lowest BCUT2D eigenvalue weighted by Gasteiger charge is -2.17. The lowest BCUT2D eigenvalue weighted by atomic mass is 10.0. The second-order valence-electron chi connectivity index (χ2n) is 3.21. The molecule has 0 radical (unpaired) electrons. The van der Waals surface area contributed by atoms with E-state index in [-0.39, 0.29) is 11.3 Å². The zero-order valence-corrected chi connectivity index (χ0v) is 7.74. The number of phenols is 1. The number of hydrogen-bond donors (Lipinski definition) is 4. The molecule has 5 heteroatoms. The highest BCUT2D eigenvalue weighted by atomic mass is 19.1. The van der Waals surface area contributed by atoms with Crippen LogP contribution >= 0.6 is 0 Å². The Balaban J connectivity index is 3.20. The van der Waals surface area contributed by atoms with Crippen LogP contribution in [0.5, 0.6) is 5.75 Å². The van der Waals surface area contributed by atoms with Crippen LogP contribution in [0.1, 0.15) is 18.5 Å². The Morgan fingerprint density at radius 3 is 2.50 bits per heavy atom. The van der Waals surface area contributed by atoms with Crippen LogP contribution in [0.2, 0.25) is 0 Å². The molecule has 14 heavy (non-hydrogen) atoms. The summed E-state index contributed by atoms with van der Waals surface area (Å²) in [6.45, 7) is 1.45. The van der Waals surface area contributed by atoms with Crippen molar-refractivity contribution in [3.63, 3.8) is 0 Å². The van der Waals surface area contributed by atoms with Crippen LogP contribution in [-0.2, 0) is 0 Å². The molecule has 1 rings (SSSR count). The van der Waals surface area contributed by atoms with Crippen molar-refractivity contribution in [1.29, 1.82) is 0 Å². The summed E-state index contributed by atoms with van der Waals surface area (Å²) in [5.74, 6) is -1.40. The smallest absolute Gasteiger partial charge is 0.167 e. The van der Waals surface area contributed by atoms with Gasteiger partial charge in [0.15, 0.2) is 11.6 Å². The van der Waals surface area contributed by atoms with E-state index in [0.29, 0.717) is 0 Å². The standard InChI is InChI=1S/C9H13FN2O2/c1-4(13)8(12)6-2-5(11)3-7(10)9(6)14/h2-4,8,13-14H,11-12H2,1H3. The van der Waals surface area contributed by atoms with E-state index in [2.05, 4.69) is 0 Å². The maximum Gasteiger partial charge on any atom is 0.167 e. The molecular weight excluding hydrogens is 187 g/mol. The van der Waals surface area contributed by atoms with Crippen molar-refractivity contribution < 1.29 is 14.6 Å². The Bertz CT molecular complexity index is 342. The molecule has 0 saturated carbocycles. The minimum Gasteiger partial charge on any atom is -0.505 e. The zero-order valence-electron chi connectivity index (χ0n) is 7.74. The number of nitrogens with two attached hydrogens (primary N) is 2. The number of benzene rings is 1. The van der Waals surface area contributed by atoms with Gasteiger partial charge in [0.05, 0.1) is 12.1 Å². The van der Waals surface area contributed by atoms with Gasteiger partial charge in [-0.25, -0.2) is 4.39 Å². The summed E-state index contributed by atoms with van der Waals surface area (Å²) < 4.78 is 13.0. The minimum absolute atomic E-state index is 0.109. The second-order valence-corrected chi connectivity index (χ2v) is 3.21. The fourth-order valence-electron chi connectivity index (χ4n) is 1.16. The number of aliphatic hydroxyl groups is 1. The number of anilines is 1. The molecule has 0 aliphatic carbocycles. The van der Waals surface area contributed by atoms with Gasteiger partial charge in [-0.1, -0.05) is 0 Å². The van der Waals surface area contributed by atoms with Crippen molar-refractivity contribution in [2.75, 3.05) is 5.73 Å². The average molecular weight is 200 g/mol. The number of aliphatic hydroxyl groups excluding tert-OH is 1. The molecule has 4 nitrogen and oxygen atoms in total. The predicted molar refractivity (Wildman–Crippen MR) is 51.1 cm³/mol. The number of halogens is 1. The molecule has 6 N–H and O–H groups in total. The summed E-state index contributed by atoms with van der Waals surface area (Å²) in [4.78, 5) is 0. The molecule has 0 amide bonds. The van der Waals surface area contributed by atoms with Crippen LogP contribution in [0.15, 0.2) is 12.1 Å². The molecule has 0 aliphatic rings. The Hall–Kier alpha value is -1.33. The van der Waals surface area contributed by atoms with Crippen LogP contribution in [0.25, 0.3) is 0 Å². The first-order valence-electron chi connectivity index (χ1n) is 4.15. The third kappa shape index (κ3) is 1.94. The van der Waals surface area contributed by atoms with Gasteiger partial charge in [0.2, 0.25) is 0 Å². The van der Waals surface area contributed by atoms with Gasteiger partial charge >= 0.3 is 0 Å². The normalized spacial score (nSPS) is 15.1. The minimum atomic E-state index is -0.887. The van der Waals surface area contributed by atoms with Gasteiger partial charge in [0, 0.05) is 17.3 Å². The number of hydrogen-bond acceptors (Lipinski definition) is 4. The van der Waals surface area contributed by atoms with E-state index >= 15 is 0 Å². The first kappa shape index (κ1) is 10.7. The maximum absolute atomic E-state index is 13.0. The second kappa shape index (κ2) is 3.81. The molecule has 78 valence electrons. The molecule has 1 aromatic rings. The highest BCUT2D eigenvalue weighted by Gasteiger charge is 2.19. The van der Waals surface area contributed by atoms with Crippen molar-refractivity contribution >= 4 is 5.69 Å². The van der Waals surface area contributed by atoms with E-state index in [4.69, 9.17) is 11.5 Å². The highest BCUT2D eigenvalue weighted by Crippen LogP contribution is 2.29. The van der Waals surface area contributed by atoms with E-state index in [1.54, 1.807) is 0 Å². The summed E-state index contributed by atoms with van der Waals surface area (Å²) in [6.07, 6.45) is -0.887. The van der Waals surface area contributed by atoms with E-state index < -0.39 is 23.7 Å². The van der Waals surface area contributed by atoms with E-state index in [1.807, 2.05) is 0 Å². The van der Waals surface area contributed by atoms with Gasteiger partial charge in [-0.05, 0) is 13.0 Å². The molecule has 0 saturated heterocycles. The first-order chi connectivity index (χ1) is 6.43. The van der Waals surface area contributed by atoms with Gasteiger partial charge in [0.1, 0.15) is 0 Å². The Morgan fingerprint density at radius 1 is 1.43 bits per heavy atom. The molecule has 2 atom stereocenters. The Morgan fingerprint density at radius 2 is 2.00 bits per heavy atom. The largest absolute Gasteiger partial charge is 0.505 e. The van der Waals surface area contributed by atoms with Gasteiger partial charge in [-0.3, -0.25) is 0 Å². The number of aromatic hydroxyl groups is 1. The van der Waals surface area contributed by atoms with Crippen molar-refractivity contribution in [3.8, 4) is 5.75 Å². The van der Waals surface area contributed by atoms with Gasteiger partial charge in [-0.2, -0.15) is 0 Å². The van der Waals surface area contributed by atoms with Crippen LogP contribution in [0.3, 0.4) is 0 Å². The summed E-state index contributed by atoms with van der Waals surface area (Å²) in [6, 6.07) is 1.48. The maximum atomic E-state index is 13.0. The Kier molecular flexibility index (Phi) is 2.93. The van der Waals surface area contributed by atoms with E-state index in [9.17, 15) is 14.6 Å². The number of nitrogen functional groups attached to an aromatic ring is 1. The van der Waals surface area contributed by atoms with Crippen LogP contribution in [0.4, 0.5) is 10.1 Å². The quantitative estimate of drug-likeness (QED) is 0.413. The molecule has 1 aromatic carbocycles. The summed E-state index contributed by atoms with van der Waals surface area (Å²) in [5.41, 5.74) is 11.2. The van der Waals surface area contributed by atoms with Crippen LogP contribution in [0, 0.1) is 5.82 Å². The third-order valence-electron chi connectivity index (χ3n) is 1.99. The fourth-order valence-corrected chi connectivity index (χ4v) is 1.16. The predicted octanol–water partition coefficient (Wildman–Crippen LogP) is 0.494. The van der Waals surface area contributed by atoms with Crippen molar-refractivity contribution in [1.82, 2.24) is 0 Å². The number of phenolic OH excluding ortho intramolecular Hbond substituents is 1.